The molecule has 0 amide bonds. The van der Waals surface area contributed by atoms with Gasteiger partial charge in [-0.2, -0.15) is 5.26 Å². The SMILES string of the molecule is CCCCC[C@]1(C#N)CC[C@H](OC(=O)[C@H]2CC[C@H](CCC)CC2)CC1. The standard InChI is InChI=1S/C22H37NO2/c1-3-5-6-14-22(17-23)15-12-20(13-16-22)25-21(24)19-10-8-18(7-4-2)9-11-19/h18-20H,3-16H2,1-2H3/t18-,19-,20-,22-. The number of nitriles is 1. The van der Waals surface area contributed by atoms with E-state index in [9.17, 15) is 10.1 Å². The molecule has 0 bridgehead atoms. The summed E-state index contributed by atoms with van der Waals surface area (Å²) < 4.78 is 5.84. The molecule has 0 aromatic heterocycles. The number of carbonyl (C=O) groups is 1. The maximum atomic E-state index is 12.5. The molecule has 0 unspecified atom stereocenters. The molecule has 0 aromatic carbocycles. The van der Waals surface area contributed by atoms with Gasteiger partial charge in [0.15, 0.2) is 0 Å². The van der Waals surface area contributed by atoms with E-state index in [0.717, 1.165) is 57.3 Å². The minimum Gasteiger partial charge on any atom is -0.462 e. The molecule has 25 heavy (non-hydrogen) atoms. The second kappa shape index (κ2) is 10.2. The summed E-state index contributed by atoms with van der Waals surface area (Å²) in [5, 5.41) is 9.62. The monoisotopic (exact) mass is 347 g/mol. The van der Waals surface area contributed by atoms with E-state index in [0.29, 0.717) is 0 Å². The van der Waals surface area contributed by atoms with Crippen LogP contribution in [0.5, 0.6) is 0 Å². The minimum absolute atomic E-state index is 0.0374. The normalized spacial score (nSPS) is 32.8. The zero-order valence-electron chi connectivity index (χ0n) is 16.4. The summed E-state index contributed by atoms with van der Waals surface area (Å²) in [6.07, 6.45) is 15.1. The van der Waals surface area contributed by atoms with Crippen LogP contribution in [0, 0.1) is 28.6 Å². The van der Waals surface area contributed by atoms with Crippen molar-refractivity contribution >= 4 is 5.97 Å². The summed E-state index contributed by atoms with van der Waals surface area (Å²) >= 11 is 0. The first kappa shape index (κ1) is 20.3. The zero-order chi connectivity index (χ0) is 18.1. The molecule has 0 N–H and O–H groups in total. The molecule has 2 saturated carbocycles. The van der Waals surface area contributed by atoms with Crippen molar-refractivity contribution in [2.75, 3.05) is 0 Å². The van der Waals surface area contributed by atoms with Crippen molar-refractivity contribution < 1.29 is 9.53 Å². The lowest BCUT2D eigenvalue weighted by Crippen LogP contribution is -2.33. The molecular weight excluding hydrogens is 310 g/mol. The third-order valence-electron chi connectivity index (χ3n) is 6.55. The van der Waals surface area contributed by atoms with Crippen molar-refractivity contribution in [2.45, 2.75) is 110 Å². The number of hydrogen-bond donors (Lipinski definition) is 0. The Hall–Kier alpha value is -1.04. The lowest BCUT2D eigenvalue weighted by atomic mass is 9.71. The van der Waals surface area contributed by atoms with Crippen LogP contribution in [0.4, 0.5) is 0 Å². The molecule has 0 aromatic rings. The summed E-state index contributed by atoms with van der Waals surface area (Å²) in [5.74, 6) is 0.985. The van der Waals surface area contributed by atoms with Gasteiger partial charge in [0.2, 0.25) is 0 Å². The van der Waals surface area contributed by atoms with E-state index in [-0.39, 0.29) is 23.4 Å². The highest BCUT2D eigenvalue weighted by Gasteiger charge is 2.37. The summed E-state index contributed by atoms with van der Waals surface area (Å²) in [6.45, 7) is 4.44. The van der Waals surface area contributed by atoms with Crippen LogP contribution in [-0.4, -0.2) is 12.1 Å². The highest BCUT2D eigenvalue weighted by Crippen LogP contribution is 2.41. The molecule has 0 radical (unpaired) electrons. The maximum absolute atomic E-state index is 12.5. The van der Waals surface area contributed by atoms with Gasteiger partial charge in [-0.15, -0.1) is 0 Å². The lowest BCUT2D eigenvalue weighted by Gasteiger charge is -2.35. The van der Waals surface area contributed by atoms with Gasteiger partial charge in [-0.05, 0) is 63.7 Å². The van der Waals surface area contributed by atoms with Gasteiger partial charge in [0, 0.05) is 0 Å². The first-order valence-electron chi connectivity index (χ1n) is 10.7. The van der Waals surface area contributed by atoms with Gasteiger partial charge >= 0.3 is 5.97 Å². The number of ether oxygens (including phenoxy) is 1. The number of nitrogens with zero attached hydrogens (tertiary/aromatic N) is 1. The van der Waals surface area contributed by atoms with Gasteiger partial charge in [-0.3, -0.25) is 4.79 Å². The number of hydrogen-bond acceptors (Lipinski definition) is 3. The summed E-state index contributed by atoms with van der Waals surface area (Å²) in [5.41, 5.74) is -0.156. The molecule has 3 nitrogen and oxygen atoms in total. The molecule has 2 fully saturated rings. The Morgan fingerprint density at radius 3 is 2.28 bits per heavy atom. The van der Waals surface area contributed by atoms with Crippen molar-refractivity contribution in [3.8, 4) is 6.07 Å². The summed E-state index contributed by atoms with van der Waals surface area (Å²) in [4.78, 5) is 12.5. The molecular formula is C22H37NO2. The van der Waals surface area contributed by atoms with E-state index < -0.39 is 0 Å². The molecule has 142 valence electrons. The van der Waals surface area contributed by atoms with Gasteiger partial charge in [0.25, 0.3) is 0 Å². The Labute approximate surface area is 154 Å². The van der Waals surface area contributed by atoms with Gasteiger partial charge in [-0.1, -0.05) is 46.0 Å². The van der Waals surface area contributed by atoms with E-state index in [2.05, 4.69) is 19.9 Å². The number of carbonyl (C=O) groups excluding carboxylic acids is 1. The molecule has 0 spiro atoms. The first-order chi connectivity index (χ1) is 12.1. The number of esters is 1. The zero-order valence-corrected chi connectivity index (χ0v) is 16.4. The van der Waals surface area contributed by atoms with Crippen LogP contribution in [0.25, 0.3) is 0 Å². The van der Waals surface area contributed by atoms with E-state index >= 15 is 0 Å². The predicted octanol–water partition coefficient (Wildman–Crippen LogP) is 6.17. The van der Waals surface area contributed by atoms with Gasteiger partial charge in [0.1, 0.15) is 6.10 Å². The van der Waals surface area contributed by atoms with E-state index in [4.69, 9.17) is 4.74 Å². The van der Waals surface area contributed by atoms with Gasteiger partial charge in [-0.25, -0.2) is 0 Å². The van der Waals surface area contributed by atoms with Crippen LogP contribution in [-0.2, 0) is 9.53 Å². The molecule has 3 heteroatoms. The molecule has 0 saturated heterocycles. The van der Waals surface area contributed by atoms with Gasteiger partial charge in [0.05, 0.1) is 17.4 Å². The van der Waals surface area contributed by atoms with E-state index in [1.165, 1.54) is 38.5 Å². The Morgan fingerprint density at radius 1 is 1.04 bits per heavy atom. The lowest BCUT2D eigenvalue weighted by molar-refractivity contribution is -0.158. The third kappa shape index (κ3) is 6.01. The maximum Gasteiger partial charge on any atom is 0.309 e. The molecule has 0 atom stereocenters. The number of rotatable bonds is 8. The first-order valence-corrected chi connectivity index (χ1v) is 10.7. The number of unbranched alkanes of at least 4 members (excludes halogenated alkanes) is 2. The fourth-order valence-corrected chi connectivity index (χ4v) is 4.75. The van der Waals surface area contributed by atoms with E-state index in [1.807, 2.05) is 0 Å². The molecule has 0 heterocycles. The second-order valence-corrected chi connectivity index (χ2v) is 8.49. The van der Waals surface area contributed by atoms with Crippen molar-refractivity contribution in [3.63, 3.8) is 0 Å². The highest BCUT2D eigenvalue weighted by atomic mass is 16.5. The Kier molecular flexibility index (Phi) is 8.27. The van der Waals surface area contributed by atoms with E-state index in [1.54, 1.807) is 0 Å². The molecule has 0 aliphatic heterocycles. The van der Waals surface area contributed by atoms with Crippen LogP contribution in [0.3, 0.4) is 0 Å². The molecule has 2 aliphatic rings. The second-order valence-electron chi connectivity index (χ2n) is 8.49. The Morgan fingerprint density at radius 2 is 1.72 bits per heavy atom. The van der Waals surface area contributed by atoms with Crippen LogP contribution >= 0.6 is 0 Å². The van der Waals surface area contributed by atoms with Crippen molar-refractivity contribution in [3.05, 3.63) is 0 Å². The van der Waals surface area contributed by atoms with Crippen molar-refractivity contribution in [1.82, 2.24) is 0 Å². The minimum atomic E-state index is -0.156. The average molecular weight is 348 g/mol. The smallest absolute Gasteiger partial charge is 0.309 e. The Balaban J connectivity index is 1.72. The Bertz CT molecular complexity index is 437. The fourth-order valence-electron chi connectivity index (χ4n) is 4.75. The third-order valence-corrected chi connectivity index (χ3v) is 6.55. The summed E-state index contributed by atoms with van der Waals surface area (Å²) in [7, 11) is 0. The van der Waals surface area contributed by atoms with Crippen molar-refractivity contribution in [1.29, 1.82) is 5.26 Å². The van der Waals surface area contributed by atoms with Crippen LogP contribution < -0.4 is 0 Å². The highest BCUT2D eigenvalue weighted by molar-refractivity contribution is 5.72. The molecule has 2 rings (SSSR count). The quantitative estimate of drug-likeness (QED) is 0.390. The van der Waals surface area contributed by atoms with Gasteiger partial charge < -0.3 is 4.74 Å². The van der Waals surface area contributed by atoms with Crippen LogP contribution in [0.1, 0.15) is 104 Å². The van der Waals surface area contributed by atoms with Crippen LogP contribution in [0.15, 0.2) is 0 Å². The molecule has 2 aliphatic carbocycles. The summed E-state index contributed by atoms with van der Waals surface area (Å²) in [6, 6.07) is 2.59. The topological polar surface area (TPSA) is 50.1 Å². The van der Waals surface area contributed by atoms with Crippen LogP contribution in [0.2, 0.25) is 0 Å². The largest absolute Gasteiger partial charge is 0.462 e. The van der Waals surface area contributed by atoms with Crippen molar-refractivity contribution in [2.24, 2.45) is 17.3 Å². The fraction of sp³-hybridized carbons (Fsp3) is 0.909. The predicted molar refractivity (Wildman–Crippen MR) is 101 cm³/mol. The average Bonchev–Trinajstić information content (AvgIpc) is 2.64.